The Morgan fingerprint density at radius 3 is 1.47 bits per heavy atom. The third kappa shape index (κ3) is 5.98. The largest absolute Gasteiger partial charge is 0.311 e. The highest BCUT2D eigenvalue weighted by atomic mass is 15.1. The number of anilines is 3. The molecule has 2 aromatic heterocycles. The van der Waals surface area contributed by atoms with Crippen molar-refractivity contribution in [2.24, 2.45) is 0 Å². The predicted molar refractivity (Wildman–Crippen MR) is 231 cm³/mol. The molecule has 2 heterocycles. The highest BCUT2D eigenvalue weighted by molar-refractivity contribution is 6.25. The molecule has 0 amide bonds. The summed E-state index contributed by atoms with van der Waals surface area (Å²) in [5.41, 5.74) is 12.6. The van der Waals surface area contributed by atoms with Crippen LogP contribution >= 0.6 is 0 Å². The van der Waals surface area contributed by atoms with Crippen LogP contribution in [0.1, 0.15) is 0 Å². The topological polar surface area (TPSA) is 29.0 Å². The van der Waals surface area contributed by atoms with E-state index in [4.69, 9.17) is 9.97 Å². The molecule has 0 fully saturated rings. The van der Waals surface area contributed by atoms with E-state index in [2.05, 4.69) is 217 Å². The molecule has 10 rings (SSSR count). The van der Waals surface area contributed by atoms with Crippen molar-refractivity contribution in [1.82, 2.24) is 9.97 Å². The van der Waals surface area contributed by atoms with Gasteiger partial charge in [0, 0.05) is 49.9 Å². The van der Waals surface area contributed by atoms with Gasteiger partial charge in [-0.3, -0.25) is 0 Å². The van der Waals surface area contributed by atoms with Gasteiger partial charge in [0.05, 0.1) is 22.6 Å². The van der Waals surface area contributed by atoms with E-state index in [1.54, 1.807) is 0 Å². The SMILES string of the molecule is c1ccc(-c2cc(-c3ccccc3)nc(-c3cc4c(-c5ccc(N(c6ccccc6)c6ccccc6)cc5)nc5ccccc5c4c4ccccc34)c2)cc1. The molecule has 0 aliphatic carbocycles. The first kappa shape index (κ1) is 32.3. The molecule has 55 heavy (non-hydrogen) atoms. The predicted octanol–water partition coefficient (Wildman–Crippen LogP) is 14.1. The van der Waals surface area contributed by atoms with Gasteiger partial charge < -0.3 is 4.90 Å². The molecule has 0 aliphatic rings. The van der Waals surface area contributed by atoms with Gasteiger partial charge in [0.15, 0.2) is 0 Å². The van der Waals surface area contributed by atoms with E-state index in [1.807, 2.05) is 0 Å². The Balaban J connectivity index is 1.21. The van der Waals surface area contributed by atoms with Crippen molar-refractivity contribution in [3.63, 3.8) is 0 Å². The molecule has 258 valence electrons. The zero-order valence-electron chi connectivity index (χ0n) is 30.0. The molecule has 0 spiro atoms. The van der Waals surface area contributed by atoms with E-state index in [9.17, 15) is 0 Å². The minimum Gasteiger partial charge on any atom is -0.311 e. The average molecular weight is 702 g/mol. The number of benzene rings is 8. The molecule has 0 radical (unpaired) electrons. The minimum atomic E-state index is 0.925. The van der Waals surface area contributed by atoms with Gasteiger partial charge in [-0.05, 0) is 82.6 Å². The minimum absolute atomic E-state index is 0.925. The Morgan fingerprint density at radius 1 is 0.309 bits per heavy atom. The Kier molecular flexibility index (Phi) is 8.16. The van der Waals surface area contributed by atoms with Crippen LogP contribution in [0.25, 0.3) is 77.3 Å². The molecule has 0 saturated carbocycles. The summed E-state index contributed by atoms with van der Waals surface area (Å²) in [7, 11) is 0. The number of rotatable bonds is 7. The Hall–Kier alpha value is -7.36. The third-order valence-electron chi connectivity index (χ3n) is 10.4. The monoisotopic (exact) mass is 701 g/mol. The quantitative estimate of drug-likeness (QED) is 0.155. The zero-order valence-corrected chi connectivity index (χ0v) is 30.0. The fourth-order valence-corrected chi connectivity index (χ4v) is 7.84. The van der Waals surface area contributed by atoms with Gasteiger partial charge in [-0.15, -0.1) is 0 Å². The standard InChI is InChI=1S/C52H35N3/c1-5-17-36(18-6-1)39-33-49(37-19-7-2-8-20-37)53-50(34-39)46-35-47-51(44-26-14-13-25-43(44)46)45-27-15-16-28-48(45)54-52(47)38-29-31-42(32-30-38)55(40-21-9-3-10-22-40)41-23-11-4-12-24-41/h1-35H. The normalized spacial score (nSPS) is 11.3. The van der Waals surface area contributed by atoms with E-state index in [0.717, 1.165) is 83.6 Å². The molecule has 3 heteroatoms. The van der Waals surface area contributed by atoms with Crippen LogP contribution < -0.4 is 4.90 Å². The van der Waals surface area contributed by atoms with Crippen LogP contribution in [0.5, 0.6) is 0 Å². The second-order valence-corrected chi connectivity index (χ2v) is 13.8. The number of hydrogen-bond acceptors (Lipinski definition) is 3. The van der Waals surface area contributed by atoms with Crippen LogP contribution in [0.3, 0.4) is 0 Å². The lowest BCUT2D eigenvalue weighted by Gasteiger charge is -2.25. The van der Waals surface area contributed by atoms with Gasteiger partial charge in [-0.2, -0.15) is 0 Å². The van der Waals surface area contributed by atoms with E-state index >= 15 is 0 Å². The van der Waals surface area contributed by atoms with Crippen molar-refractivity contribution in [3.8, 4) is 44.9 Å². The lowest BCUT2D eigenvalue weighted by molar-refractivity contribution is 1.28. The van der Waals surface area contributed by atoms with Gasteiger partial charge in [-0.1, -0.05) is 152 Å². The molecule has 0 unspecified atom stereocenters. The van der Waals surface area contributed by atoms with Crippen molar-refractivity contribution in [2.45, 2.75) is 0 Å². The van der Waals surface area contributed by atoms with Gasteiger partial charge in [0.25, 0.3) is 0 Å². The summed E-state index contributed by atoms with van der Waals surface area (Å²) in [4.78, 5) is 13.1. The van der Waals surface area contributed by atoms with Crippen LogP contribution in [-0.4, -0.2) is 9.97 Å². The highest BCUT2D eigenvalue weighted by Crippen LogP contribution is 2.43. The summed E-state index contributed by atoms with van der Waals surface area (Å²) < 4.78 is 0. The van der Waals surface area contributed by atoms with Crippen LogP contribution in [0.2, 0.25) is 0 Å². The maximum atomic E-state index is 5.40. The first-order valence-electron chi connectivity index (χ1n) is 18.7. The Labute approximate surface area is 320 Å². The smallest absolute Gasteiger partial charge is 0.0788 e. The van der Waals surface area contributed by atoms with Crippen molar-refractivity contribution in [2.75, 3.05) is 4.90 Å². The fourth-order valence-electron chi connectivity index (χ4n) is 7.84. The molecule has 8 aromatic carbocycles. The number of fused-ring (bicyclic) bond motifs is 5. The van der Waals surface area contributed by atoms with Crippen molar-refractivity contribution < 1.29 is 0 Å². The zero-order chi connectivity index (χ0) is 36.6. The van der Waals surface area contributed by atoms with E-state index in [-0.39, 0.29) is 0 Å². The number of hydrogen-bond donors (Lipinski definition) is 0. The molecule has 0 aliphatic heterocycles. The van der Waals surface area contributed by atoms with E-state index in [0.29, 0.717) is 0 Å². The second-order valence-electron chi connectivity index (χ2n) is 13.8. The summed E-state index contributed by atoms with van der Waals surface area (Å²) >= 11 is 0. The van der Waals surface area contributed by atoms with Gasteiger partial charge in [-0.25, -0.2) is 9.97 Å². The molecule has 0 bridgehead atoms. The van der Waals surface area contributed by atoms with Crippen LogP contribution in [-0.2, 0) is 0 Å². The van der Waals surface area contributed by atoms with Crippen molar-refractivity contribution >= 4 is 49.5 Å². The molecule has 3 nitrogen and oxygen atoms in total. The van der Waals surface area contributed by atoms with Gasteiger partial charge >= 0.3 is 0 Å². The summed E-state index contributed by atoms with van der Waals surface area (Å²) in [6.45, 7) is 0. The molecular formula is C52H35N3. The first-order chi connectivity index (χ1) is 27.3. The van der Waals surface area contributed by atoms with Crippen molar-refractivity contribution in [3.05, 3.63) is 212 Å². The number of nitrogens with zero attached hydrogens (tertiary/aromatic N) is 3. The summed E-state index contributed by atoms with van der Waals surface area (Å²) in [5, 5.41) is 5.76. The lowest BCUT2D eigenvalue weighted by atomic mass is 9.90. The first-order valence-corrected chi connectivity index (χ1v) is 18.7. The summed E-state index contributed by atoms with van der Waals surface area (Å²) in [6.07, 6.45) is 0. The summed E-state index contributed by atoms with van der Waals surface area (Å²) in [6, 6.07) is 74.9. The van der Waals surface area contributed by atoms with Crippen LogP contribution in [0.4, 0.5) is 17.1 Å². The van der Waals surface area contributed by atoms with Crippen LogP contribution in [0, 0.1) is 0 Å². The molecule has 0 atom stereocenters. The molecule has 10 aromatic rings. The average Bonchev–Trinajstić information content (AvgIpc) is 3.27. The third-order valence-corrected chi connectivity index (χ3v) is 10.4. The van der Waals surface area contributed by atoms with Crippen LogP contribution in [0.15, 0.2) is 212 Å². The Morgan fingerprint density at radius 2 is 0.818 bits per heavy atom. The number of para-hydroxylation sites is 3. The molecule has 0 saturated heterocycles. The van der Waals surface area contributed by atoms with Gasteiger partial charge in [0.2, 0.25) is 0 Å². The maximum Gasteiger partial charge on any atom is 0.0788 e. The Bertz CT molecular complexity index is 2850. The highest BCUT2D eigenvalue weighted by Gasteiger charge is 2.19. The van der Waals surface area contributed by atoms with Gasteiger partial charge in [0.1, 0.15) is 0 Å². The second kappa shape index (κ2) is 13.9. The van der Waals surface area contributed by atoms with E-state index < -0.39 is 0 Å². The molecular weight excluding hydrogens is 667 g/mol. The van der Waals surface area contributed by atoms with E-state index in [1.165, 1.54) is 10.8 Å². The fraction of sp³-hybridized carbons (Fsp3) is 0. The lowest BCUT2D eigenvalue weighted by Crippen LogP contribution is -2.09. The molecule has 0 N–H and O–H groups in total. The maximum absolute atomic E-state index is 5.40. The van der Waals surface area contributed by atoms with Crippen molar-refractivity contribution in [1.29, 1.82) is 0 Å². The number of aromatic nitrogens is 2. The summed E-state index contributed by atoms with van der Waals surface area (Å²) in [5.74, 6) is 0. The number of pyridine rings is 2.